The van der Waals surface area contributed by atoms with E-state index in [0.717, 1.165) is 4.31 Å². The highest BCUT2D eigenvalue weighted by molar-refractivity contribution is 9.10. The number of nitrogens with zero attached hydrogens (tertiary/aromatic N) is 1. The first-order valence-corrected chi connectivity index (χ1v) is 8.30. The molecule has 5 nitrogen and oxygen atoms in total. The van der Waals surface area contributed by atoms with Crippen molar-refractivity contribution in [1.82, 2.24) is 4.31 Å². The number of nitrogens with one attached hydrogen (secondary N) is 1. The Balaban J connectivity index is 3.20. The predicted molar refractivity (Wildman–Crippen MR) is 84.0 cm³/mol. The SMILES string of the molecule is CN(C)S(=O)(=O)c1cc(NC(=O)C(C)(C)Br)ccc1Cl. The highest BCUT2D eigenvalue weighted by Gasteiger charge is 2.25. The van der Waals surface area contributed by atoms with E-state index in [1.807, 2.05) is 0 Å². The van der Waals surface area contributed by atoms with Gasteiger partial charge in [-0.25, -0.2) is 12.7 Å². The summed E-state index contributed by atoms with van der Waals surface area (Å²) in [6.45, 7) is 3.38. The quantitative estimate of drug-likeness (QED) is 0.813. The van der Waals surface area contributed by atoms with Crippen molar-refractivity contribution in [3.63, 3.8) is 0 Å². The van der Waals surface area contributed by atoms with Gasteiger partial charge < -0.3 is 5.32 Å². The van der Waals surface area contributed by atoms with Gasteiger partial charge in [0.15, 0.2) is 0 Å². The van der Waals surface area contributed by atoms with Gasteiger partial charge >= 0.3 is 0 Å². The van der Waals surface area contributed by atoms with Crippen LogP contribution in [-0.4, -0.2) is 37.0 Å². The molecule has 0 bridgehead atoms. The molecule has 0 heterocycles. The molecule has 20 heavy (non-hydrogen) atoms. The lowest BCUT2D eigenvalue weighted by atomic mass is 10.2. The molecule has 0 fully saturated rings. The van der Waals surface area contributed by atoms with Crippen LogP contribution in [0.3, 0.4) is 0 Å². The van der Waals surface area contributed by atoms with Crippen LogP contribution in [0.15, 0.2) is 23.1 Å². The van der Waals surface area contributed by atoms with Gasteiger partial charge in [0.25, 0.3) is 0 Å². The molecule has 0 atom stereocenters. The van der Waals surface area contributed by atoms with Crippen LogP contribution in [0.5, 0.6) is 0 Å². The molecule has 0 aliphatic carbocycles. The number of rotatable bonds is 4. The number of hydrogen-bond donors (Lipinski definition) is 1. The fourth-order valence-electron chi connectivity index (χ4n) is 1.26. The molecule has 1 amide bonds. The van der Waals surface area contributed by atoms with E-state index in [0.29, 0.717) is 5.69 Å². The third-order valence-corrected chi connectivity index (χ3v) is 5.14. The van der Waals surface area contributed by atoms with Crippen molar-refractivity contribution in [3.05, 3.63) is 23.2 Å². The van der Waals surface area contributed by atoms with Crippen molar-refractivity contribution in [2.24, 2.45) is 0 Å². The van der Waals surface area contributed by atoms with Crippen molar-refractivity contribution in [2.45, 2.75) is 23.1 Å². The van der Waals surface area contributed by atoms with Crippen LogP contribution in [0.1, 0.15) is 13.8 Å². The first kappa shape index (κ1) is 17.4. The molecule has 0 aliphatic rings. The largest absolute Gasteiger partial charge is 0.325 e. The molecule has 0 unspecified atom stereocenters. The first-order valence-electron chi connectivity index (χ1n) is 5.68. The van der Waals surface area contributed by atoms with Gasteiger partial charge in [0.1, 0.15) is 4.90 Å². The highest BCUT2D eigenvalue weighted by atomic mass is 79.9. The Bertz CT molecular complexity index is 624. The molecule has 0 saturated heterocycles. The van der Waals surface area contributed by atoms with E-state index >= 15 is 0 Å². The summed E-state index contributed by atoms with van der Waals surface area (Å²) in [5.41, 5.74) is 0.368. The Morgan fingerprint density at radius 1 is 1.35 bits per heavy atom. The van der Waals surface area contributed by atoms with Crippen LogP contribution in [0, 0.1) is 0 Å². The minimum absolute atomic E-state index is 0.0469. The van der Waals surface area contributed by atoms with Crippen LogP contribution in [-0.2, 0) is 14.8 Å². The van der Waals surface area contributed by atoms with Gasteiger partial charge in [0.05, 0.1) is 9.35 Å². The fourth-order valence-corrected chi connectivity index (χ4v) is 2.75. The van der Waals surface area contributed by atoms with E-state index in [1.54, 1.807) is 19.9 Å². The van der Waals surface area contributed by atoms with Crippen molar-refractivity contribution in [3.8, 4) is 0 Å². The highest BCUT2D eigenvalue weighted by Crippen LogP contribution is 2.27. The van der Waals surface area contributed by atoms with Crippen LogP contribution in [0.4, 0.5) is 5.69 Å². The Morgan fingerprint density at radius 3 is 2.35 bits per heavy atom. The minimum Gasteiger partial charge on any atom is -0.325 e. The predicted octanol–water partition coefficient (Wildman–Crippen LogP) is 2.70. The zero-order valence-corrected chi connectivity index (χ0v) is 14.7. The third kappa shape index (κ3) is 3.94. The summed E-state index contributed by atoms with van der Waals surface area (Å²) in [6, 6.07) is 4.33. The van der Waals surface area contributed by atoms with Crippen molar-refractivity contribution >= 4 is 49.1 Å². The number of hydrogen-bond acceptors (Lipinski definition) is 3. The fraction of sp³-hybridized carbons (Fsp3) is 0.417. The van der Waals surface area contributed by atoms with E-state index in [1.165, 1.54) is 26.2 Å². The van der Waals surface area contributed by atoms with Crippen molar-refractivity contribution < 1.29 is 13.2 Å². The van der Waals surface area contributed by atoms with Gasteiger partial charge in [-0.2, -0.15) is 0 Å². The molecule has 112 valence electrons. The second kappa shape index (κ2) is 6.01. The minimum atomic E-state index is -3.66. The van der Waals surface area contributed by atoms with E-state index in [2.05, 4.69) is 21.2 Å². The van der Waals surface area contributed by atoms with E-state index < -0.39 is 14.3 Å². The number of halogens is 2. The molecule has 1 N–H and O–H groups in total. The van der Waals surface area contributed by atoms with Crippen LogP contribution in [0.2, 0.25) is 5.02 Å². The molecule has 0 aliphatic heterocycles. The molecule has 1 aromatic carbocycles. The van der Waals surface area contributed by atoms with Gasteiger partial charge in [0.2, 0.25) is 15.9 Å². The lowest BCUT2D eigenvalue weighted by Crippen LogP contribution is -2.31. The maximum atomic E-state index is 12.1. The average Bonchev–Trinajstić information content (AvgIpc) is 2.29. The van der Waals surface area contributed by atoms with Gasteiger partial charge in [-0.3, -0.25) is 4.79 Å². The average molecular weight is 384 g/mol. The van der Waals surface area contributed by atoms with Crippen molar-refractivity contribution in [2.75, 3.05) is 19.4 Å². The summed E-state index contributed by atoms with van der Waals surface area (Å²) in [5, 5.41) is 2.74. The standard InChI is InChI=1S/C12H16BrClN2O3S/c1-12(2,13)11(17)15-8-5-6-9(14)10(7-8)20(18,19)16(3)4/h5-7H,1-4H3,(H,15,17). The molecular weight excluding hydrogens is 368 g/mol. The Kier molecular flexibility index (Phi) is 5.23. The summed E-state index contributed by atoms with van der Waals surface area (Å²) in [5.74, 6) is -0.284. The molecule has 1 rings (SSSR count). The summed E-state index contributed by atoms with van der Waals surface area (Å²) < 4.78 is 24.5. The maximum Gasteiger partial charge on any atom is 0.244 e. The molecule has 1 aromatic rings. The van der Waals surface area contributed by atoms with E-state index in [-0.39, 0.29) is 15.8 Å². The zero-order chi connectivity index (χ0) is 15.7. The second-order valence-electron chi connectivity index (χ2n) is 4.86. The summed E-state index contributed by atoms with van der Waals surface area (Å²) in [4.78, 5) is 11.8. The number of carbonyl (C=O) groups is 1. The molecule has 8 heteroatoms. The number of amides is 1. The maximum absolute atomic E-state index is 12.1. The second-order valence-corrected chi connectivity index (χ2v) is 9.37. The zero-order valence-electron chi connectivity index (χ0n) is 11.6. The Hall–Kier alpha value is -0.630. The van der Waals surface area contributed by atoms with Crippen LogP contribution >= 0.6 is 27.5 Å². The van der Waals surface area contributed by atoms with Crippen LogP contribution in [0.25, 0.3) is 0 Å². The van der Waals surface area contributed by atoms with Gasteiger partial charge in [-0.1, -0.05) is 27.5 Å². The molecular formula is C12H16BrClN2O3S. The third-order valence-electron chi connectivity index (χ3n) is 2.49. The number of alkyl halides is 1. The van der Waals surface area contributed by atoms with Gasteiger partial charge in [-0.15, -0.1) is 0 Å². The van der Waals surface area contributed by atoms with Gasteiger partial charge in [-0.05, 0) is 32.0 Å². The number of carbonyl (C=O) groups excluding carboxylic acids is 1. The summed E-state index contributed by atoms with van der Waals surface area (Å²) in [7, 11) is -0.833. The lowest BCUT2D eigenvalue weighted by Gasteiger charge is -2.17. The smallest absolute Gasteiger partial charge is 0.244 e. The normalized spacial score (nSPS) is 12.6. The van der Waals surface area contributed by atoms with Gasteiger partial charge in [0, 0.05) is 19.8 Å². The number of sulfonamides is 1. The Labute approximate surface area is 132 Å². The molecule has 0 radical (unpaired) electrons. The topological polar surface area (TPSA) is 66.5 Å². The molecule has 0 spiro atoms. The lowest BCUT2D eigenvalue weighted by molar-refractivity contribution is -0.117. The Morgan fingerprint density at radius 2 is 1.90 bits per heavy atom. The van der Waals surface area contributed by atoms with Crippen LogP contribution < -0.4 is 5.32 Å². The molecule has 0 aromatic heterocycles. The first-order chi connectivity index (χ1) is 8.96. The van der Waals surface area contributed by atoms with E-state index in [9.17, 15) is 13.2 Å². The monoisotopic (exact) mass is 382 g/mol. The van der Waals surface area contributed by atoms with E-state index in [4.69, 9.17) is 11.6 Å². The number of anilines is 1. The molecule has 0 saturated carbocycles. The number of benzene rings is 1. The summed E-state index contributed by atoms with van der Waals surface area (Å²) in [6.07, 6.45) is 0. The van der Waals surface area contributed by atoms with Crippen molar-refractivity contribution in [1.29, 1.82) is 0 Å². The summed E-state index contributed by atoms with van der Waals surface area (Å²) >= 11 is 9.16.